The molecule has 32 heavy (non-hydrogen) atoms. The van der Waals surface area contributed by atoms with Crippen LogP contribution < -0.4 is 19.5 Å². The highest BCUT2D eigenvalue weighted by Crippen LogP contribution is 2.30. The highest BCUT2D eigenvalue weighted by Gasteiger charge is 2.30. The first-order chi connectivity index (χ1) is 15.1. The minimum atomic E-state index is -4.45. The standard InChI is InChI=1S/C21H22F3NO7/c1-29-18-9-13(3-8-17(18)32-12-19(27)30-2)20(28)25-10-15(26)11-31-16-6-4-14(5-7-16)21(22,23)24/h3-9,15,26H,10-12H2,1-2H3,(H,25,28). The van der Waals surface area contributed by atoms with E-state index in [2.05, 4.69) is 10.1 Å². The second kappa shape index (κ2) is 11.2. The average Bonchev–Trinajstić information content (AvgIpc) is 2.79. The Morgan fingerprint density at radius 1 is 1.03 bits per heavy atom. The number of methoxy groups -OCH3 is 2. The molecule has 0 heterocycles. The van der Waals surface area contributed by atoms with E-state index in [4.69, 9.17) is 14.2 Å². The molecule has 0 aromatic heterocycles. The Morgan fingerprint density at radius 3 is 2.31 bits per heavy atom. The van der Waals surface area contributed by atoms with Gasteiger partial charge in [0.05, 0.1) is 19.8 Å². The number of aliphatic hydroxyl groups is 1. The summed E-state index contributed by atoms with van der Waals surface area (Å²) in [6.07, 6.45) is -5.55. The van der Waals surface area contributed by atoms with Gasteiger partial charge in [-0.2, -0.15) is 13.2 Å². The molecule has 1 atom stereocenters. The van der Waals surface area contributed by atoms with Crippen LogP contribution in [0.4, 0.5) is 13.2 Å². The molecule has 2 rings (SSSR count). The Kier molecular flexibility index (Phi) is 8.71. The van der Waals surface area contributed by atoms with Gasteiger partial charge < -0.3 is 29.4 Å². The van der Waals surface area contributed by atoms with Crippen molar-refractivity contribution in [3.63, 3.8) is 0 Å². The number of esters is 1. The van der Waals surface area contributed by atoms with Gasteiger partial charge in [-0.15, -0.1) is 0 Å². The second-order valence-corrected chi connectivity index (χ2v) is 6.43. The van der Waals surface area contributed by atoms with E-state index in [1.807, 2.05) is 0 Å². The van der Waals surface area contributed by atoms with E-state index in [1.54, 1.807) is 0 Å². The largest absolute Gasteiger partial charge is 0.493 e. The first-order valence-electron chi connectivity index (χ1n) is 9.28. The number of hydrogen-bond donors (Lipinski definition) is 2. The van der Waals surface area contributed by atoms with Crippen molar-refractivity contribution in [1.29, 1.82) is 0 Å². The van der Waals surface area contributed by atoms with Gasteiger partial charge >= 0.3 is 12.1 Å². The topological polar surface area (TPSA) is 103 Å². The minimum Gasteiger partial charge on any atom is -0.493 e. The third kappa shape index (κ3) is 7.34. The van der Waals surface area contributed by atoms with Gasteiger partial charge in [-0.3, -0.25) is 4.79 Å². The Balaban J connectivity index is 1.85. The third-order valence-electron chi connectivity index (χ3n) is 4.12. The van der Waals surface area contributed by atoms with Crippen molar-refractivity contribution >= 4 is 11.9 Å². The van der Waals surface area contributed by atoms with Crippen molar-refractivity contribution in [3.8, 4) is 17.2 Å². The van der Waals surface area contributed by atoms with E-state index in [0.29, 0.717) is 0 Å². The van der Waals surface area contributed by atoms with Crippen LogP contribution in [-0.4, -0.2) is 57.1 Å². The molecular weight excluding hydrogens is 435 g/mol. The van der Waals surface area contributed by atoms with Gasteiger partial charge in [0.1, 0.15) is 18.5 Å². The zero-order valence-electron chi connectivity index (χ0n) is 17.3. The number of halogens is 3. The van der Waals surface area contributed by atoms with Crippen LogP contribution in [0.5, 0.6) is 17.2 Å². The Labute approximate surface area is 181 Å². The van der Waals surface area contributed by atoms with Crippen molar-refractivity contribution in [2.75, 3.05) is 34.0 Å². The molecule has 0 fully saturated rings. The number of rotatable bonds is 10. The Hall–Kier alpha value is -3.47. The molecule has 0 saturated heterocycles. The first kappa shape index (κ1) is 24.8. The number of nitrogens with one attached hydrogen (secondary N) is 1. The first-order valence-corrected chi connectivity index (χ1v) is 9.28. The normalized spacial score (nSPS) is 11.9. The van der Waals surface area contributed by atoms with Crippen LogP contribution >= 0.6 is 0 Å². The van der Waals surface area contributed by atoms with Crippen molar-refractivity contribution in [2.24, 2.45) is 0 Å². The summed E-state index contributed by atoms with van der Waals surface area (Å²) < 4.78 is 57.8. The third-order valence-corrected chi connectivity index (χ3v) is 4.12. The fourth-order valence-corrected chi connectivity index (χ4v) is 2.43. The molecule has 0 spiro atoms. The number of carbonyl (C=O) groups excluding carboxylic acids is 2. The molecule has 0 radical (unpaired) electrons. The lowest BCUT2D eigenvalue weighted by Crippen LogP contribution is -2.35. The van der Waals surface area contributed by atoms with Gasteiger partial charge in [0, 0.05) is 12.1 Å². The minimum absolute atomic E-state index is 0.149. The molecule has 8 nitrogen and oxygen atoms in total. The maximum atomic E-state index is 12.6. The van der Waals surface area contributed by atoms with Gasteiger partial charge in [0.25, 0.3) is 5.91 Å². The summed E-state index contributed by atoms with van der Waals surface area (Å²) in [6, 6.07) is 8.31. The van der Waals surface area contributed by atoms with E-state index >= 15 is 0 Å². The molecule has 0 saturated carbocycles. The summed E-state index contributed by atoms with van der Waals surface area (Å²) >= 11 is 0. The predicted molar refractivity (Wildman–Crippen MR) is 106 cm³/mol. The van der Waals surface area contributed by atoms with Crippen molar-refractivity contribution in [2.45, 2.75) is 12.3 Å². The van der Waals surface area contributed by atoms with Gasteiger partial charge in [0.2, 0.25) is 0 Å². The molecule has 2 N–H and O–H groups in total. The van der Waals surface area contributed by atoms with Crippen molar-refractivity contribution < 1.29 is 46.8 Å². The van der Waals surface area contributed by atoms with Crippen LogP contribution in [0.2, 0.25) is 0 Å². The molecule has 11 heteroatoms. The molecular formula is C21H22F3NO7. The molecule has 2 aromatic rings. The maximum absolute atomic E-state index is 12.6. The van der Waals surface area contributed by atoms with Crippen molar-refractivity contribution in [1.82, 2.24) is 5.32 Å². The Bertz CT molecular complexity index is 917. The van der Waals surface area contributed by atoms with Gasteiger partial charge in [-0.1, -0.05) is 0 Å². The van der Waals surface area contributed by atoms with E-state index in [9.17, 15) is 27.9 Å². The number of carbonyl (C=O) groups is 2. The Morgan fingerprint density at radius 2 is 1.72 bits per heavy atom. The van der Waals surface area contributed by atoms with Crippen LogP contribution in [0.15, 0.2) is 42.5 Å². The van der Waals surface area contributed by atoms with Gasteiger partial charge in [-0.05, 0) is 42.5 Å². The number of ether oxygens (including phenoxy) is 4. The summed E-state index contributed by atoms with van der Waals surface area (Å²) in [5.74, 6) is -0.499. The molecule has 1 unspecified atom stereocenters. The SMILES string of the molecule is COC(=O)COc1ccc(C(=O)NCC(O)COc2ccc(C(F)(F)F)cc2)cc1OC. The highest BCUT2D eigenvalue weighted by molar-refractivity contribution is 5.94. The summed E-state index contributed by atoms with van der Waals surface area (Å²) in [4.78, 5) is 23.5. The molecule has 1 amide bonds. The lowest BCUT2D eigenvalue weighted by molar-refractivity contribution is -0.143. The number of alkyl halides is 3. The number of hydrogen-bond acceptors (Lipinski definition) is 7. The lowest BCUT2D eigenvalue weighted by Gasteiger charge is -2.15. The van der Waals surface area contributed by atoms with Crippen molar-refractivity contribution in [3.05, 3.63) is 53.6 Å². The lowest BCUT2D eigenvalue weighted by atomic mass is 10.2. The van der Waals surface area contributed by atoms with Gasteiger partial charge in [0.15, 0.2) is 18.1 Å². The quantitative estimate of drug-likeness (QED) is 0.529. The highest BCUT2D eigenvalue weighted by atomic mass is 19.4. The van der Waals surface area contributed by atoms with E-state index < -0.39 is 29.7 Å². The van der Waals surface area contributed by atoms with Crippen LogP contribution in [-0.2, 0) is 15.7 Å². The average molecular weight is 457 g/mol. The summed E-state index contributed by atoms with van der Waals surface area (Å²) in [5, 5.41) is 12.5. The van der Waals surface area contributed by atoms with Crippen LogP contribution in [0.25, 0.3) is 0 Å². The molecule has 2 aromatic carbocycles. The predicted octanol–water partition coefficient (Wildman–Crippen LogP) is 2.44. The van der Waals surface area contributed by atoms with Crippen LogP contribution in [0, 0.1) is 0 Å². The zero-order valence-corrected chi connectivity index (χ0v) is 17.3. The fourth-order valence-electron chi connectivity index (χ4n) is 2.43. The summed E-state index contributed by atoms with van der Waals surface area (Å²) in [5.41, 5.74) is -0.599. The molecule has 0 bridgehead atoms. The second-order valence-electron chi connectivity index (χ2n) is 6.43. The zero-order chi connectivity index (χ0) is 23.7. The molecule has 174 valence electrons. The smallest absolute Gasteiger partial charge is 0.416 e. The van der Waals surface area contributed by atoms with E-state index in [1.165, 1.54) is 32.4 Å². The fraction of sp³-hybridized carbons (Fsp3) is 0.333. The maximum Gasteiger partial charge on any atom is 0.416 e. The molecule has 0 aliphatic rings. The van der Waals surface area contributed by atoms with E-state index in [-0.39, 0.29) is 42.6 Å². The number of amides is 1. The van der Waals surface area contributed by atoms with Crippen LogP contribution in [0.1, 0.15) is 15.9 Å². The van der Waals surface area contributed by atoms with E-state index in [0.717, 1.165) is 24.3 Å². The molecule has 0 aliphatic carbocycles. The summed E-state index contributed by atoms with van der Waals surface area (Å²) in [7, 11) is 2.59. The number of benzene rings is 2. The van der Waals surface area contributed by atoms with Crippen LogP contribution in [0.3, 0.4) is 0 Å². The summed E-state index contributed by atoms with van der Waals surface area (Å²) in [6.45, 7) is -0.735. The van der Waals surface area contributed by atoms with Gasteiger partial charge in [-0.25, -0.2) is 4.79 Å². The molecule has 0 aliphatic heterocycles. The monoisotopic (exact) mass is 457 g/mol. The number of aliphatic hydroxyl groups excluding tert-OH is 1.